The highest BCUT2D eigenvalue weighted by Gasteiger charge is 2.30. The van der Waals surface area contributed by atoms with Crippen LogP contribution < -0.4 is 16.0 Å². The number of nitrogens with zero attached hydrogens (tertiary/aromatic N) is 2. The van der Waals surface area contributed by atoms with Crippen molar-refractivity contribution in [1.82, 2.24) is 20.4 Å². The number of nitrogens with one attached hydrogen (secondary N) is 3. The Labute approximate surface area is 151 Å². The summed E-state index contributed by atoms with van der Waals surface area (Å²) in [7, 11) is 0. The van der Waals surface area contributed by atoms with E-state index in [0.717, 1.165) is 18.5 Å². The first kappa shape index (κ1) is 17.7. The summed E-state index contributed by atoms with van der Waals surface area (Å²) >= 11 is 0. The summed E-state index contributed by atoms with van der Waals surface area (Å²) in [5.74, 6) is -0.366. The third kappa shape index (κ3) is 4.27. The van der Waals surface area contributed by atoms with Crippen LogP contribution in [0.2, 0.25) is 0 Å². The molecule has 1 aliphatic carbocycles. The number of benzene rings is 1. The van der Waals surface area contributed by atoms with Crippen molar-refractivity contribution in [1.29, 1.82) is 0 Å². The zero-order valence-corrected chi connectivity index (χ0v) is 14.5. The quantitative estimate of drug-likeness (QED) is 0.691. The number of carbonyl (C=O) groups excluding carboxylic acids is 3. The molecule has 1 aromatic carbocycles. The topological polar surface area (TPSA) is 105 Å². The maximum atomic E-state index is 12.3. The molecule has 0 aliphatic heterocycles. The van der Waals surface area contributed by atoms with Crippen LogP contribution >= 0.6 is 0 Å². The fraction of sp³-hybridized carbons (Fsp3) is 0.333. The Bertz CT molecular complexity index is 811. The molecule has 0 atom stereocenters. The highest BCUT2D eigenvalue weighted by atomic mass is 16.2. The molecule has 2 aromatic rings. The average Bonchev–Trinajstić information content (AvgIpc) is 3.42. The lowest BCUT2D eigenvalue weighted by Crippen LogP contribution is -2.36. The van der Waals surface area contributed by atoms with Crippen molar-refractivity contribution < 1.29 is 14.4 Å². The second kappa shape index (κ2) is 7.81. The van der Waals surface area contributed by atoms with Gasteiger partial charge in [0.1, 0.15) is 5.82 Å². The summed E-state index contributed by atoms with van der Waals surface area (Å²) in [5, 5.41) is 12.3. The molecule has 1 heterocycles. The molecule has 136 valence electrons. The highest BCUT2D eigenvalue weighted by Crippen LogP contribution is 2.30. The third-order valence-corrected chi connectivity index (χ3v) is 3.93. The molecule has 1 aromatic heterocycles. The van der Waals surface area contributed by atoms with Crippen LogP contribution in [-0.4, -0.2) is 40.6 Å². The number of carbonyl (C=O) groups is 3. The van der Waals surface area contributed by atoms with Crippen molar-refractivity contribution in [3.8, 4) is 5.69 Å². The van der Waals surface area contributed by atoms with E-state index in [9.17, 15) is 14.4 Å². The largest absolute Gasteiger partial charge is 0.355 e. The van der Waals surface area contributed by atoms with Crippen LogP contribution in [0, 0.1) is 5.92 Å². The maximum Gasteiger partial charge on any atom is 0.272 e. The molecule has 0 spiro atoms. The second-order valence-corrected chi connectivity index (χ2v) is 6.06. The van der Waals surface area contributed by atoms with Gasteiger partial charge in [-0.15, -0.1) is 0 Å². The van der Waals surface area contributed by atoms with Gasteiger partial charge in [0.05, 0.1) is 12.2 Å². The minimum Gasteiger partial charge on any atom is -0.355 e. The molecular formula is C18H21N5O3. The first-order chi connectivity index (χ1) is 12.6. The maximum absolute atomic E-state index is 12.3. The van der Waals surface area contributed by atoms with E-state index in [2.05, 4.69) is 21.0 Å². The van der Waals surface area contributed by atoms with Gasteiger partial charge in [-0.3, -0.25) is 14.4 Å². The minimum atomic E-state index is -0.479. The Kier molecular flexibility index (Phi) is 5.31. The highest BCUT2D eigenvalue weighted by molar-refractivity contribution is 5.98. The van der Waals surface area contributed by atoms with E-state index in [1.165, 1.54) is 10.7 Å². The SMILES string of the molecule is CCNC(=O)CNC(=O)c1cc(NC(=O)C2CC2)n(-c2ccccc2)n1. The predicted octanol–water partition coefficient (Wildman–Crippen LogP) is 1.09. The van der Waals surface area contributed by atoms with Crippen LogP contribution in [0.25, 0.3) is 5.69 Å². The molecule has 3 amide bonds. The van der Waals surface area contributed by atoms with E-state index in [-0.39, 0.29) is 30.0 Å². The van der Waals surface area contributed by atoms with Gasteiger partial charge >= 0.3 is 0 Å². The van der Waals surface area contributed by atoms with E-state index in [1.807, 2.05) is 30.3 Å². The van der Waals surface area contributed by atoms with E-state index < -0.39 is 5.91 Å². The molecule has 0 saturated heterocycles. The van der Waals surface area contributed by atoms with E-state index in [0.29, 0.717) is 12.4 Å². The van der Waals surface area contributed by atoms with Gasteiger partial charge in [-0.25, -0.2) is 4.68 Å². The van der Waals surface area contributed by atoms with Crippen LogP contribution in [0.15, 0.2) is 36.4 Å². The summed E-state index contributed by atoms with van der Waals surface area (Å²) in [5.41, 5.74) is 0.852. The molecule has 3 N–H and O–H groups in total. The monoisotopic (exact) mass is 355 g/mol. The van der Waals surface area contributed by atoms with E-state index in [4.69, 9.17) is 0 Å². The standard InChI is InChI=1S/C18H21N5O3/c1-2-19-16(24)11-20-18(26)14-10-15(21-17(25)12-8-9-12)23(22-14)13-6-4-3-5-7-13/h3-7,10,12H,2,8-9,11H2,1H3,(H,19,24)(H,20,26)(H,21,25). The zero-order chi connectivity index (χ0) is 18.5. The van der Waals surface area contributed by atoms with Crippen LogP contribution in [-0.2, 0) is 9.59 Å². The lowest BCUT2D eigenvalue weighted by atomic mass is 10.3. The predicted molar refractivity (Wildman–Crippen MR) is 95.9 cm³/mol. The Morgan fingerprint density at radius 2 is 1.88 bits per heavy atom. The Hall–Kier alpha value is -3.16. The van der Waals surface area contributed by atoms with E-state index >= 15 is 0 Å². The number of rotatable bonds is 7. The number of anilines is 1. The van der Waals surface area contributed by atoms with Gasteiger partial charge < -0.3 is 16.0 Å². The van der Waals surface area contributed by atoms with Gasteiger partial charge in [0, 0.05) is 18.5 Å². The Morgan fingerprint density at radius 3 is 2.54 bits per heavy atom. The van der Waals surface area contributed by atoms with Crippen molar-refractivity contribution in [3.05, 3.63) is 42.1 Å². The van der Waals surface area contributed by atoms with Crippen molar-refractivity contribution >= 4 is 23.5 Å². The molecule has 0 unspecified atom stereocenters. The zero-order valence-electron chi connectivity index (χ0n) is 14.5. The average molecular weight is 355 g/mol. The van der Waals surface area contributed by atoms with Crippen molar-refractivity contribution in [2.24, 2.45) is 5.92 Å². The fourth-order valence-corrected chi connectivity index (χ4v) is 2.43. The van der Waals surface area contributed by atoms with Gasteiger partial charge in [-0.2, -0.15) is 5.10 Å². The first-order valence-electron chi connectivity index (χ1n) is 8.59. The molecule has 1 saturated carbocycles. The molecular weight excluding hydrogens is 334 g/mol. The number of amides is 3. The van der Waals surface area contributed by atoms with Crippen molar-refractivity contribution in [2.45, 2.75) is 19.8 Å². The van der Waals surface area contributed by atoms with Gasteiger partial charge in [0.15, 0.2) is 5.69 Å². The molecule has 26 heavy (non-hydrogen) atoms. The normalized spacial score (nSPS) is 13.1. The Balaban J connectivity index is 1.79. The smallest absolute Gasteiger partial charge is 0.272 e. The minimum absolute atomic E-state index is 0.0316. The number of hydrogen-bond acceptors (Lipinski definition) is 4. The second-order valence-electron chi connectivity index (χ2n) is 6.06. The summed E-state index contributed by atoms with van der Waals surface area (Å²) in [6.07, 6.45) is 1.76. The van der Waals surface area contributed by atoms with Gasteiger partial charge in [0.25, 0.3) is 5.91 Å². The van der Waals surface area contributed by atoms with Gasteiger partial charge in [-0.1, -0.05) is 18.2 Å². The van der Waals surface area contributed by atoms with Crippen LogP contribution in [0.4, 0.5) is 5.82 Å². The lowest BCUT2D eigenvalue weighted by molar-refractivity contribution is -0.120. The Morgan fingerprint density at radius 1 is 1.15 bits per heavy atom. The summed E-state index contributed by atoms with van der Waals surface area (Å²) in [6, 6.07) is 10.7. The molecule has 3 rings (SSSR count). The summed E-state index contributed by atoms with van der Waals surface area (Å²) < 4.78 is 1.52. The third-order valence-electron chi connectivity index (χ3n) is 3.93. The summed E-state index contributed by atoms with van der Waals surface area (Å²) in [4.78, 5) is 35.9. The van der Waals surface area contributed by atoms with Crippen LogP contribution in [0.1, 0.15) is 30.3 Å². The molecule has 1 fully saturated rings. The van der Waals surface area contributed by atoms with Crippen LogP contribution in [0.3, 0.4) is 0 Å². The molecule has 8 heteroatoms. The number of hydrogen-bond donors (Lipinski definition) is 3. The molecule has 8 nitrogen and oxygen atoms in total. The van der Waals surface area contributed by atoms with Gasteiger partial charge in [-0.05, 0) is 31.9 Å². The fourth-order valence-electron chi connectivity index (χ4n) is 2.43. The first-order valence-corrected chi connectivity index (χ1v) is 8.59. The van der Waals surface area contributed by atoms with E-state index in [1.54, 1.807) is 6.92 Å². The summed E-state index contributed by atoms with van der Waals surface area (Å²) in [6.45, 7) is 2.17. The lowest BCUT2D eigenvalue weighted by Gasteiger charge is -2.08. The molecule has 1 aliphatic rings. The number of aromatic nitrogens is 2. The number of likely N-dealkylation sites (N-methyl/N-ethyl adjacent to an activating group) is 1. The molecule has 0 radical (unpaired) electrons. The van der Waals surface area contributed by atoms with Gasteiger partial charge in [0.2, 0.25) is 11.8 Å². The van der Waals surface area contributed by atoms with Crippen LogP contribution in [0.5, 0.6) is 0 Å². The molecule has 0 bridgehead atoms. The van der Waals surface area contributed by atoms with Crippen molar-refractivity contribution in [2.75, 3.05) is 18.4 Å². The number of para-hydroxylation sites is 1. The van der Waals surface area contributed by atoms with Crippen molar-refractivity contribution in [3.63, 3.8) is 0 Å².